The van der Waals surface area contributed by atoms with Gasteiger partial charge in [-0.1, -0.05) is 12.1 Å². The smallest absolute Gasteiger partial charge is 0.151 e. The first kappa shape index (κ1) is 15.6. The molecule has 0 aliphatic carbocycles. The van der Waals surface area contributed by atoms with E-state index in [1.54, 1.807) is 26.1 Å². The summed E-state index contributed by atoms with van der Waals surface area (Å²) in [6.45, 7) is 1.66. The average molecular weight is 338 g/mol. The molecular formula is C12H17BrFNO2S. The van der Waals surface area contributed by atoms with Crippen LogP contribution in [0, 0.1) is 5.82 Å². The summed E-state index contributed by atoms with van der Waals surface area (Å²) >= 11 is 3.19. The Morgan fingerprint density at radius 1 is 1.44 bits per heavy atom. The van der Waals surface area contributed by atoms with Gasteiger partial charge < -0.3 is 5.32 Å². The summed E-state index contributed by atoms with van der Waals surface area (Å²) in [5.74, 6) is -0.339. The van der Waals surface area contributed by atoms with Crippen LogP contribution >= 0.6 is 15.9 Å². The van der Waals surface area contributed by atoms with E-state index < -0.39 is 15.1 Å². The molecule has 0 aliphatic heterocycles. The second-order valence-corrected chi connectivity index (χ2v) is 7.54. The van der Waals surface area contributed by atoms with Crippen molar-refractivity contribution in [3.63, 3.8) is 0 Å². The summed E-state index contributed by atoms with van der Waals surface area (Å²) in [6, 6.07) is 4.51. The largest absolute Gasteiger partial charge is 0.315 e. The SMILES string of the molecule is CNC(Cc1cccc(F)c1Br)C(C)S(C)(=O)=O. The van der Waals surface area contributed by atoms with Crippen LogP contribution in [0.3, 0.4) is 0 Å². The summed E-state index contributed by atoms with van der Waals surface area (Å²) in [4.78, 5) is 0. The summed E-state index contributed by atoms with van der Waals surface area (Å²) in [5, 5.41) is 2.45. The van der Waals surface area contributed by atoms with Gasteiger partial charge in [-0.05, 0) is 48.0 Å². The second kappa shape index (κ2) is 6.12. The van der Waals surface area contributed by atoms with Crippen molar-refractivity contribution in [2.24, 2.45) is 0 Å². The van der Waals surface area contributed by atoms with Crippen molar-refractivity contribution in [2.45, 2.75) is 24.6 Å². The van der Waals surface area contributed by atoms with Gasteiger partial charge in [0.25, 0.3) is 0 Å². The third kappa shape index (κ3) is 3.76. The van der Waals surface area contributed by atoms with Gasteiger partial charge in [0.1, 0.15) is 5.82 Å². The van der Waals surface area contributed by atoms with E-state index in [0.717, 1.165) is 5.56 Å². The third-order valence-electron chi connectivity index (χ3n) is 3.08. The molecule has 2 unspecified atom stereocenters. The normalized spacial score (nSPS) is 15.4. The molecule has 1 aromatic carbocycles. The fraction of sp³-hybridized carbons (Fsp3) is 0.500. The molecule has 0 aliphatic rings. The lowest BCUT2D eigenvalue weighted by atomic mass is 10.0. The standard InChI is InChI=1S/C12H17BrFNO2S/c1-8(18(3,16)17)11(15-2)7-9-5-4-6-10(14)12(9)13/h4-6,8,11,15H,7H2,1-3H3. The molecule has 0 saturated carbocycles. The molecule has 1 N–H and O–H groups in total. The van der Waals surface area contributed by atoms with Crippen molar-refractivity contribution in [1.29, 1.82) is 0 Å². The minimum Gasteiger partial charge on any atom is -0.315 e. The topological polar surface area (TPSA) is 46.2 Å². The van der Waals surface area contributed by atoms with Gasteiger partial charge in [-0.2, -0.15) is 0 Å². The Kier molecular flexibility index (Phi) is 5.31. The number of sulfone groups is 1. The first-order valence-electron chi connectivity index (χ1n) is 5.56. The van der Waals surface area contributed by atoms with Gasteiger partial charge in [-0.3, -0.25) is 0 Å². The predicted molar refractivity (Wildman–Crippen MR) is 75.0 cm³/mol. The van der Waals surface area contributed by atoms with Gasteiger partial charge in [-0.25, -0.2) is 12.8 Å². The van der Waals surface area contributed by atoms with Crippen molar-refractivity contribution in [2.75, 3.05) is 13.3 Å². The van der Waals surface area contributed by atoms with E-state index in [0.29, 0.717) is 10.9 Å². The van der Waals surface area contributed by atoms with Crippen molar-refractivity contribution < 1.29 is 12.8 Å². The maximum absolute atomic E-state index is 13.4. The first-order chi connectivity index (χ1) is 8.27. The van der Waals surface area contributed by atoms with Crippen molar-refractivity contribution >= 4 is 25.8 Å². The van der Waals surface area contributed by atoms with Crippen molar-refractivity contribution in [3.05, 3.63) is 34.1 Å². The van der Waals surface area contributed by atoms with Crippen molar-refractivity contribution in [3.8, 4) is 0 Å². The molecule has 0 aromatic heterocycles. The maximum atomic E-state index is 13.4. The summed E-state index contributed by atoms with van der Waals surface area (Å²) in [6.07, 6.45) is 1.66. The zero-order chi connectivity index (χ0) is 13.9. The number of likely N-dealkylation sites (N-methyl/N-ethyl adjacent to an activating group) is 1. The number of benzene rings is 1. The Morgan fingerprint density at radius 3 is 2.56 bits per heavy atom. The molecular weight excluding hydrogens is 321 g/mol. The molecule has 0 radical (unpaired) electrons. The number of nitrogens with one attached hydrogen (secondary N) is 1. The first-order valence-corrected chi connectivity index (χ1v) is 8.31. The van der Waals surface area contributed by atoms with E-state index in [-0.39, 0.29) is 11.9 Å². The highest BCUT2D eigenvalue weighted by Gasteiger charge is 2.25. The molecule has 0 spiro atoms. The lowest BCUT2D eigenvalue weighted by Gasteiger charge is -2.22. The summed E-state index contributed by atoms with van der Waals surface area (Å²) < 4.78 is 36.9. The third-order valence-corrected chi connectivity index (χ3v) is 5.65. The lowest BCUT2D eigenvalue weighted by Crippen LogP contribution is -2.42. The van der Waals surface area contributed by atoms with Gasteiger partial charge in [0.2, 0.25) is 0 Å². The van der Waals surface area contributed by atoms with E-state index in [2.05, 4.69) is 21.2 Å². The Balaban J connectivity index is 2.97. The summed E-state index contributed by atoms with van der Waals surface area (Å²) in [7, 11) is -1.42. The molecule has 1 aromatic rings. The predicted octanol–water partition coefficient (Wildman–Crippen LogP) is 2.15. The molecule has 102 valence electrons. The molecule has 6 heteroatoms. The van der Waals surface area contributed by atoms with E-state index in [1.807, 2.05) is 0 Å². The quantitative estimate of drug-likeness (QED) is 0.895. The van der Waals surface area contributed by atoms with Gasteiger partial charge in [0.05, 0.1) is 9.72 Å². The molecule has 0 bridgehead atoms. The Morgan fingerprint density at radius 2 is 2.06 bits per heavy atom. The number of halogens is 2. The fourth-order valence-corrected chi connectivity index (χ4v) is 3.00. The minimum absolute atomic E-state index is 0.252. The molecule has 3 nitrogen and oxygen atoms in total. The molecule has 0 saturated heterocycles. The van der Waals surface area contributed by atoms with E-state index >= 15 is 0 Å². The Bertz CT molecular complexity index is 519. The monoisotopic (exact) mass is 337 g/mol. The maximum Gasteiger partial charge on any atom is 0.151 e. The molecule has 0 heterocycles. The van der Waals surface area contributed by atoms with Gasteiger partial charge in [0.15, 0.2) is 9.84 Å². The zero-order valence-corrected chi connectivity index (χ0v) is 13.0. The van der Waals surface area contributed by atoms with Crippen LogP contribution in [-0.2, 0) is 16.3 Å². The minimum atomic E-state index is -3.13. The van der Waals surface area contributed by atoms with Crippen LogP contribution in [0.4, 0.5) is 4.39 Å². The van der Waals surface area contributed by atoms with Crippen LogP contribution < -0.4 is 5.32 Å². The highest BCUT2D eigenvalue weighted by atomic mass is 79.9. The van der Waals surface area contributed by atoms with E-state index in [9.17, 15) is 12.8 Å². The molecule has 1 rings (SSSR count). The highest BCUT2D eigenvalue weighted by Crippen LogP contribution is 2.23. The number of hydrogen-bond donors (Lipinski definition) is 1. The number of hydrogen-bond acceptors (Lipinski definition) is 3. The van der Waals surface area contributed by atoms with Crippen LogP contribution in [0.2, 0.25) is 0 Å². The molecule has 2 atom stereocenters. The van der Waals surface area contributed by atoms with Crippen LogP contribution in [-0.4, -0.2) is 33.0 Å². The number of rotatable bonds is 5. The average Bonchev–Trinajstić information content (AvgIpc) is 2.29. The summed E-state index contributed by atoms with van der Waals surface area (Å²) in [5.41, 5.74) is 0.754. The lowest BCUT2D eigenvalue weighted by molar-refractivity contribution is 0.514. The van der Waals surface area contributed by atoms with Crippen molar-refractivity contribution in [1.82, 2.24) is 5.32 Å². The Hall–Kier alpha value is -0.460. The van der Waals surface area contributed by atoms with Gasteiger partial charge in [0, 0.05) is 12.3 Å². The molecule has 0 fully saturated rings. The van der Waals surface area contributed by atoms with Crippen LogP contribution in [0.25, 0.3) is 0 Å². The van der Waals surface area contributed by atoms with Crippen LogP contribution in [0.1, 0.15) is 12.5 Å². The Labute approximate surface area is 116 Å². The van der Waals surface area contributed by atoms with Crippen LogP contribution in [0.5, 0.6) is 0 Å². The van der Waals surface area contributed by atoms with Crippen LogP contribution in [0.15, 0.2) is 22.7 Å². The second-order valence-electron chi connectivity index (χ2n) is 4.35. The fourth-order valence-electron chi connectivity index (χ4n) is 1.74. The van der Waals surface area contributed by atoms with Gasteiger partial charge in [-0.15, -0.1) is 0 Å². The highest BCUT2D eigenvalue weighted by molar-refractivity contribution is 9.10. The van der Waals surface area contributed by atoms with E-state index in [1.165, 1.54) is 12.3 Å². The zero-order valence-electron chi connectivity index (χ0n) is 10.6. The van der Waals surface area contributed by atoms with E-state index in [4.69, 9.17) is 0 Å². The van der Waals surface area contributed by atoms with Gasteiger partial charge >= 0.3 is 0 Å². The molecule has 18 heavy (non-hydrogen) atoms. The molecule has 0 amide bonds.